The molecule has 29 heavy (non-hydrogen) atoms. The van der Waals surface area contributed by atoms with Crippen molar-refractivity contribution < 1.29 is 12.9 Å². The lowest BCUT2D eigenvalue weighted by Gasteiger charge is -2.12. The maximum atomic E-state index is 13.3. The van der Waals surface area contributed by atoms with Crippen molar-refractivity contribution in [2.24, 2.45) is 0 Å². The number of unbranched alkanes of at least 4 members (excludes halogenated alkanes) is 2. The van der Waals surface area contributed by atoms with Gasteiger partial charge in [-0.15, -0.1) is 4.09 Å². The second-order valence-corrected chi connectivity index (χ2v) is 8.68. The molecule has 3 aromatic rings. The Morgan fingerprint density at radius 3 is 2.21 bits per heavy atom. The standard InChI is InChI=1S/C18H25N5O5S/c1-5-7-9-21-14-11-19-23(29(26,27)16-12(3)20-28-13(16)4)15(14)17(24)22(18(21)25)10-8-6-2/h11H,5-10H2,1-4H3. The second kappa shape index (κ2) is 7.97. The minimum Gasteiger partial charge on any atom is -0.360 e. The molecule has 0 spiro atoms. The van der Waals surface area contributed by atoms with E-state index in [0.717, 1.165) is 17.4 Å². The largest absolute Gasteiger partial charge is 0.360 e. The van der Waals surface area contributed by atoms with E-state index in [1.807, 2.05) is 13.8 Å². The van der Waals surface area contributed by atoms with E-state index in [-0.39, 0.29) is 33.9 Å². The molecule has 0 atom stereocenters. The molecule has 0 radical (unpaired) electrons. The van der Waals surface area contributed by atoms with E-state index in [4.69, 9.17) is 4.52 Å². The molecule has 158 valence electrons. The van der Waals surface area contributed by atoms with Crippen molar-refractivity contribution in [1.82, 2.24) is 23.5 Å². The Labute approximate surface area is 167 Å². The topological polar surface area (TPSA) is 122 Å². The van der Waals surface area contributed by atoms with Gasteiger partial charge in [-0.2, -0.15) is 13.5 Å². The Balaban J connectivity index is 2.36. The molecule has 11 heteroatoms. The quantitative estimate of drug-likeness (QED) is 0.541. The summed E-state index contributed by atoms with van der Waals surface area (Å²) in [6.45, 7) is 7.51. The molecule has 0 aromatic carbocycles. The van der Waals surface area contributed by atoms with Gasteiger partial charge in [0.25, 0.3) is 15.6 Å². The molecule has 10 nitrogen and oxygen atoms in total. The van der Waals surface area contributed by atoms with Crippen molar-refractivity contribution in [3.63, 3.8) is 0 Å². The van der Waals surface area contributed by atoms with Crippen LogP contribution in [0.3, 0.4) is 0 Å². The Hall–Kier alpha value is -2.69. The summed E-state index contributed by atoms with van der Waals surface area (Å²) in [6, 6.07) is 0. The minimum absolute atomic E-state index is 0.108. The van der Waals surface area contributed by atoms with Gasteiger partial charge >= 0.3 is 5.69 Å². The maximum Gasteiger partial charge on any atom is 0.331 e. The Kier molecular flexibility index (Phi) is 5.78. The first-order valence-corrected chi connectivity index (χ1v) is 11.1. The summed E-state index contributed by atoms with van der Waals surface area (Å²) < 4.78 is 34.7. The van der Waals surface area contributed by atoms with E-state index in [9.17, 15) is 18.0 Å². The van der Waals surface area contributed by atoms with Crippen molar-refractivity contribution in [2.45, 2.75) is 71.4 Å². The lowest BCUT2D eigenvalue weighted by Crippen LogP contribution is -2.41. The van der Waals surface area contributed by atoms with Crippen LogP contribution in [0.2, 0.25) is 0 Å². The highest BCUT2D eigenvalue weighted by molar-refractivity contribution is 7.90. The zero-order chi connectivity index (χ0) is 21.3. The average molecular weight is 423 g/mol. The smallest absolute Gasteiger partial charge is 0.331 e. The van der Waals surface area contributed by atoms with E-state index in [2.05, 4.69) is 10.3 Å². The molecule has 0 aliphatic heterocycles. The molecule has 0 saturated heterocycles. The predicted molar refractivity (Wildman–Crippen MR) is 107 cm³/mol. The summed E-state index contributed by atoms with van der Waals surface area (Å²) in [5, 5.41) is 7.67. The minimum atomic E-state index is -4.23. The SMILES string of the molecule is CCCCn1c(=O)c2c(cnn2S(=O)(=O)c2c(C)noc2C)n(CCCC)c1=O. The van der Waals surface area contributed by atoms with Crippen LogP contribution in [0.25, 0.3) is 11.0 Å². The van der Waals surface area contributed by atoms with E-state index in [1.54, 1.807) is 0 Å². The fourth-order valence-corrected chi connectivity index (χ4v) is 4.90. The van der Waals surface area contributed by atoms with Crippen LogP contribution in [0, 0.1) is 13.8 Å². The van der Waals surface area contributed by atoms with E-state index in [1.165, 1.54) is 24.6 Å². The number of nitrogens with zero attached hydrogens (tertiary/aromatic N) is 5. The molecule has 0 N–H and O–H groups in total. The monoisotopic (exact) mass is 423 g/mol. The van der Waals surface area contributed by atoms with Gasteiger partial charge in [-0.25, -0.2) is 4.79 Å². The molecular weight excluding hydrogens is 398 g/mol. The molecule has 0 bridgehead atoms. The van der Waals surface area contributed by atoms with E-state index < -0.39 is 21.3 Å². The van der Waals surface area contributed by atoms with Gasteiger partial charge in [-0.05, 0) is 26.7 Å². The lowest BCUT2D eigenvalue weighted by molar-refractivity contribution is 0.390. The van der Waals surface area contributed by atoms with Crippen molar-refractivity contribution in [3.8, 4) is 0 Å². The van der Waals surface area contributed by atoms with Gasteiger partial charge in [0.15, 0.2) is 16.2 Å². The van der Waals surface area contributed by atoms with Gasteiger partial charge in [0.05, 0.1) is 11.7 Å². The van der Waals surface area contributed by atoms with Gasteiger partial charge in [0, 0.05) is 13.1 Å². The molecule has 3 rings (SSSR count). The first kappa shape index (κ1) is 21.0. The summed E-state index contributed by atoms with van der Waals surface area (Å²) in [6.07, 6.45) is 4.22. The number of aromatic nitrogens is 5. The third-order valence-corrected chi connectivity index (χ3v) is 6.67. The Morgan fingerprint density at radius 1 is 1.03 bits per heavy atom. The van der Waals surface area contributed by atoms with Crippen LogP contribution in [0.5, 0.6) is 0 Å². The Morgan fingerprint density at radius 2 is 1.66 bits per heavy atom. The molecule has 3 aromatic heterocycles. The van der Waals surface area contributed by atoms with Crippen molar-refractivity contribution in [1.29, 1.82) is 0 Å². The molecule has 0 fully saturated rings. The van der Waals surface area contributed by atoms with E-state index in [0.29, 0.717) is 23.5 Å². The third-order valence-electron chi connectivity index (χ3n) is 4.84. The molecule has 0 amide bonds. The van der Waals surface area contributed by atoms with Gasteiger partial charge in [-0.3, -0.25) is 13.9 Å². The molecule has 3 heterocycles. The van der Waals surface area contributed by atoms with Gasteiger partial charge in [0.1, 0.15) is 5.69 Å². The van der Waals surface area contributed by atoms with Crippen LogP contribution in [0.4, 0.5) is 0 Å². The van der Waals surface area contributed by atoms with Crippen LogP contribution in [0.1, 0.15) is 51.0 Å². The first-order valence-electron chi connectivity index (χ1n) is 9.65. The highest BCUT2D eigenvalue weighted by Crippen LogP contribution is 2.23. The maximum absolute atomic E-state index is 13.3. The fraction of sp³-hybridized carbons (Fsp3) is 0.556. The van der Waals surface area contributed by atoms with Gasteiger partial charge in [0.2, 0.25) is 0 Å². The number of hydrogen-bond acceptors (Lipinski definition) is 7. The molecule has 0 saturated carbocycles. The third kappa shape index (κ3) is 3.43. The molecule has 0 unspecified atom stereocenters. The van der Waals surface area contributed by atoms with Crippen molar-refractivity contribution in [3.05, 3.63) is 38.5 Å². The van der Waals surface area contributed by atoms with Crippen LogP contribution in [0.15, 0.2) is 25.2 Å². The number of fused-ring (bicyclic) bond motifs is 1. The molecular formula is C18H25N5O5S. The van der Waals surface area contributed by atoms with Crippen molar-refractivity contribution in [2.75, 3.05) is 0 Å². The highest BCUT2D eigenvalue weighted by atomic mass is 32.2. The van der Waals surface area contributed by atoms with Gasteiger partial charge < -0.3 is 4.52 Å². The summed E-state index contributed by atoms with van der Waals surface area (Å²) in [4.78, 5) is 25.9. The van der Waals surface area contributed by atoms with Crippen LogP contribution in [-0.2, 0) is 23.1 Å². The lowest BCUT2D eigenvalue weighted by atomic mass is 10.3. The zero-order valence-electron chi connectivity index (χ0n) is 17.0. The first-order chi connectivity index (χ1) is 13.8. The summed E-state index contributed by atoms with van der Waals surface area (Å²) in [5.74, 6) is 0.108. The predicted octanol–water partition coefficient (Wildman–Crippen LogP) is 1.80. The number of hydrogen-bond donors (Lipinski definition) is 0. The zero-order valence-corrected chi connectivity index (χ0v) is 17.8. The van der Waals surface area contributed by atoms with Crippen LogP contribution < -0.4 is 11.2 Å². The fourth-order valence-electron chi connectivity index (χ4n) is 3.33. The Bertz CT molecular complexity index is 1240. The summed E-state index contributed by atoms with van der Waals surface area (Å²) >= 11 is 0. The van der Waals surface area contributed by atoms with Crippen LogP contribution in [-0.4, -0.2) is 31.9 Å². The molecule has 0 aliphatic rings. The summed E-state index contributed by atoms with van der Waals surface area (Å²) in [7, 11) is -4.23. The second-order valence-electron chi connectivity index (χ2n) is 6.98. The van der Waals surface area contributed by atoms with E-state index >= 15 is 0 Å². The number of aryl methyl sites for hydroxylation is 3. The normalized spacial score (nSPS) is 12.1. The van der Waals surface area contributed by atoms with Crippen molar-refractivity contribution >= 4 is 21.1 Å². The molecule has 0 aliphatic carbocycles. The summed E-state index contributed by atoms with van der Waals surface area (Å²) in [5.41, 5.74) is -0.872. The van der Waals surface area contributed by atoms with Gasteiger partial charge in [-0.1, -0.05) is 31.8 Å². The highest BCUT2D eigenvalue weighted by Gasteiger charge is 2.30. The number of rotatable bonds is 8. The van der Waals surface area contributed by atoms with Crippen LogP contribution >= 0.6 is 0 Å². The average Bonchev–Trinajstić information content (AvgIpc) is 3.26.